The third-order valence-corrected chi connectivity index (χ3v) is 7.40. The van der Waals surface area contributed by atoms with Gasteiger partial charge in [0.25, 0.3) is 10.0 Å². The van der Waals surface area contributed by atoms with E-state index in [0.717, 1.165) is 28.6 Å². The van der Waals surface area contributed by atoms with Crippen LogP contribution >= 0.6 is 0 Å². The molecule has 1 heterocycles. The molecule has 0 saturated heterocycles. The molecule has 6 nitrogen and oxygen atoms in total. The number of carbonyl (C=O) groups excluding carboxylic acids is 1. The lowest BCUT2D eigenvalue weighted by atomic mass is 10.1. The maximum atomic E-state index is 13.7. The Bertz CT molecular complexity index is 1490. The van der Waals surface area contributed by atoms with Crippen LogP contribution in [0.15, 0.2) is 82.1 Å². The maximum Gasteiger partial charge on any atom is 0.416 e. The Morgan fingerprint density at radius 1 is 1.00 bits per heavy atom. The number of ether oxygens (including phenoxy) is 1. The minimum Gasteiger partial charge on any atom is -0.460 e. The molecule has 4 aromatic rings. The molecule has 36 heavy (non-hydrogen) atoms. The summed E-state index contributed by atoms with van der Waals surface area (Å²) in [6.45, 7) is 3.42. The highest BCUT2D eigenvalue weighted by Gasteiger charge is 2.32. The molecule has 0 aliphatic carbocycles. The number of alkyl halides is 3. The van der Waals surface area contributed by atoms with E-state index < -0.39 is 27.7 Å². The van der Waals surface area contributed by atoms with Gasteiger partial charge in [0.15, 0.2) is 0 Å². The van der Waals surface area contributed by atoms with Gasteiger partial charge in [0, 0.05) is 10.9 Å². The SMILES string of the molecule is CCOC(=O)c1oc2ccc(N(Cc3ccccc3)S(=O)(=O)c3ccc(C(F)(F)F)cc3)cc2c1C. The number of carbonyl (C=O) groups is 1. The van der Waals surface area contributed by atoms with E-state index in [4.69, 9.17) is 9.15 Å². The smallest absolute Gasteiger partial charge is 0.416 e. The molecule has 0 aliphatic heterocycles. The molecule has 3 aromatic carbocycles. The first kappa shape index (κ1) is 25.3. The maximum absolute atomic E-state index is 13.7. The van der Waals surface area contributed by atoms with Gasteiger partial charge < -0.3 is 9.15 Å². The number of esters is 1. The normalized spacial score (nSPS) is 12.0. The van der Waals surface area contributed by atoms with Crippen LogP contribution < -0.4 is 4.31 Å². The van der Waals surface area contributed by atoms with Crippen LogP contribution in [0.2, 0.25) is 0 Å². The third-order valence-electron chi connectivity index (χ3n) is 5.61. The van der Waals surface area contributed by atoms with Gasteiger partial charge in [-0.3, -0.25) is 4.31 Å². The molecule has 0 N–H and O–H groups in total. The summed E-state index contributed by atoms with van der Waals surface area (Å²) >= 11 is 0. The molecule has 188 valence electrons. The lowest BCUT2D eigenvalue weighted by Crippen LogP contribution is -2.30. The van der Waals surface area contributed by atoms with Crippen molar-refractivity contribution in [1.29, 1.82) is 0 Å². The Morgan fingerprint density at radius 3 is 2.28 bits per heavy atom. The Labute approximate surface area is 206 Å². The van der Waals surface area contributed by atoms with Gasteiger partial charge in [0.05, 0.1) is 29.3 Å². The molecule has 0 aliphatic rings. The van der Waals surface area contributed by atoms with Crippen molar-refractivity contribution in [2.75, 3.05) is 10.9 Å². The lowest BCUT2D eigenvalue weighted by molar-refractivity contribution is -0.137. The van der Waals surface area contributed by atoms with Crippen LogP contribution in [-0.4, -0.2) is 21.0 Å². The third kappa shape index (κ3) is 4.94. The van der Waals surface area contributed by atoms with Gasteiger partial charge in [-0.05, 0) is 61.9 Å². The van der Waals surface area contributed by atoms with Crippen molar-refractivity contribution in [3.63, 3.8) is 0 Å². The first-order chi connectivity index (χ1) is 17.0. The molecule has 0 atom stereocenters. The van der Waals surface area contributed by atoms with Crippen LogP contribution in [-0.2, 0) is 27.5 Å². The van der Waals surface area contributed by atoms with Crippen LogP contribution in [0.5, 0.6) is 0 Å². The minimum atomic E-state index is -4.59. The number of halogens is 3. The molecular formula is C26H22F3NO5S. The molecule has 0 unspecified atom stereocenters. The van der Waals surface area contributed by atoms with Crippen LogP contribution in [0.1, 0.15) is 34.2 Å². The second-order valence-corrected chi connectivity index (χ2v) is 9.84. The van der Waals surface area contributed by atoms with Crippen molar-refractivity contribution in [1.82, 2.24) is 0 Å². The fraction of sp³-hybridized carbons (Fsp3) is 0.192. The number of fused-ring (bicyclic) bond motifs is 1. The molecule has 10 heteroatoms. The molecule has 0 fully saturated rings. The van der Waals surface area contributed by atoms with Gasteiger partial charge in [0.2, 0.25) is 5.76 Å². The van der Waals surface area contributed by atoms with Crippen LogP contribution in [0.3, 0.4) is 0 Å². The van der Waals surface area contributed by atoms with Gasteiger partial charge >= 0.3 is 12.1 Å². The summed E-state index contributed by atoms with van der Waals surface area (Å²) in [4.78, 5) is 11.9. The topological polar surface area (TPSA) is 76.8 Å². The first-order valence-corrected chi connectivity index (χ1v) is 12.4. The Balaban J connectivity index is 1.82. The highest BCUT2D eigenvalue weighted by atomic mass is 32.2. The summed E-state index contributed by atoms with van der Waals surface area (Å²) in [6, 6.07) is 16.8. The molecule has 1 aromatic heterocycles. The minimum absolute atomic E-state index is 0.0178. The molecule has 4 rings (SSSR count). The molecule has 0 saturated carbocycles. The van der Waals surface area contributed by atoms with Gasteiger partial charge in [-0.25, -0.2) is 13.2 Å². The quantitative estimate of drug-likeness (QED) is 0.268. The van der Waals surface area contributed by atoms with Crippen molar-refractivity contribution in [3.8, 4) is 0 Å². The van der Waals surface area contributed by atoms with Crippen molar-refractivity contribution in [2.45, 2.75) is 31.5 Å². The van der Waals surface area contributed by atoms with E-state index in [1.54, 1.807) is 56.3 Å². The van der Waals surface area contributed by atoms with E-state index in [0.29, 0.717) is 22.1 Å². The summed E-state index contributed by atoms with van der Waals surface area (Å²) in [5, 5.41) is 0.510. The van der Waals surface area contributed by atoms with E-state index in [-0.39, 0.29) is 29.5 Å². The summed E-state index contributed by atoms with van der Waals surface area (Å²) in [7, 11) is -4.27. The number of benzene rings is 3. The number of hydrogen-bond donors (Lipinski definition) is 0. The first-order valence-electron chi connectivity index (χ1n) is 11.0. The zero-order valence-corrected chi connectivity index (χ0v) is 20.2. The van der Waals surface area contributed by atoms with Crippen molar-refractivity contribution >= 4 is 32.6 Å². The highest BCUT2D eigenvalue weighted by molar-refractivity contribution is 7.92. The number of anilines is 1. The average Bonchev–Trinajstić information content (AvgIpc) is 3.18. The summed E-state index contributed by atoms with van der Waals surface area (Å²) in [5.41, 5.74) is 0.829. The number of aryl methyl sites for hydroxylation is 1. The van der Waals surface area contributed by atoms with Gasteiger partial charge in [-0.1, -0.05) is 30.3 Å². The van der Waals surface area contributed by atoms with E-state index in [1.165, 1.54) is 6.07 Å². The average molecular weight is 518 g/mol. The summed E-state index contributed by atoms with van der Waals surface area (Å²) < 4.78 is 78.2. The fourth-order valence-electron chi connectivity index (χ4n) is 3.76. The zero-order valence-electron chi connectivity index (χ0n) is 19.4. The Hall–Kier alpha value is -3.79. The van der Waals surface area contributed by atoms with Gasteiger partial charge in [-0.2, -0.15) is 13.2 Å². The summed E-state index contributed by atoms with van der Waals surface area (Å²) in [6.07, 6.45) is -4.59. The fourth-order valence-corrected chi connectivity index (χ4v) is 5.21. The second-order valence-electron chi connectivity index (χ2n) is 7.98. The number of nitrogens with zero attached hydrogens (tertiary/aromatic N) is 1. The molecule has 0 radical (unpaired) electrons. The predicted octanol–water partition coefficient (Wildman–Crippen LogP) is 6.33. The monoisotopic (exact) mass is 517 g/mol. The summed E-state index contributed by atoms with van der Waals surface area (Å²) in [5.74, 6) is -0.615. The number of hydrogen-bond acceptors (Lipinski definition) is 5. The molecule has 0 spiro atoms. The van der Waals surface area contributed by atoms with Crippen molar-refractivity contribution in [3.05, 3.63) is 95.2 Å². The van der Waals surface area contributed by atoms with E-state index in [2.05, 4.69) is 0 Å². The van der Waals surface area contributed by atoms with Crippen LogP contribution in [0.25, 0.3) is 11.0 Å². The van der Waals surface area contributed by atoms with Crippen molar-refractivity contribution in [2.24, 2.45) is 0 Å². The highest BCUT2D eigenvalue weighted by Crippen LogP contribution is 2.34. The number of rotatable bonds is 7. The largest absolute Gasteiger partial charge is 0.460 e. The molecule has 0 bridgehead atoms. The molecule has 0 amide bonds. The second kappa shape index (κ2) is 9.69. The van der Waals surface area contributed by atoms with Gasteiger partial charge in [0.1, 0.15) is 5.58 Å². The predicted molar refractivity (Wildman–Crippen MR) is 128 cm³/mol. The Morgan fingerprint density at radius 2 is 1.67 bits per heavy atom. The number of sulfonamides is 1. The van der Waals surface area contributed by atoms with E-state index >= 15 is 0 Å². The van der Waals surface area contributed by atoms with Crippen molar-refractivity contribution < 1.29 is 35.5 Å². The Kier molecular flexibility index (Phi) is 6.81. The van der Waals surface area contributed by atoms with Gasteiger partial charge in [-0.15, -0.1) is 0 Å². The van der Waals surface area contributed by atoms with E-state index in [1.807, 2.05) is 0 Å². The van der Waals surface area contributed by atoms with Crippen LogP contribution in [0.4, 0.5) is 18.9 Å². The number of furan rings is 1. The molecular weight excluding hydrogens is 495 g/mol. The standard InChI is InChI=1S/C26H22F3NO5S/c1-3-34-25(31)24-17(2)22-15-20(11-14-23(22)35-24)30(16-18-7-5-4-6-8-18)36(32,33)21-12-9-19(10-13-21)26(27,28)29/h4-15H,3,16H2,1-2H3. The zero-order chi connectivity index (χ0) is 26.1. The lowest BCUT2D eigenvalue weighted by Gasteiger charge is -2.25. The van der Waals surface area contributed by atoms with Crippen LogP contribution in [0, 0.1) is 6.92 Å². The van der Waals surface area contributed by atoms with E-state index in [9.17, 15) is 26.4 Å².